The molecule has 0 aliphatic rings. The first-order chi connectivity index (χ1) is 9.31. The molecule has 0 saturated heterocycles. The summed E-state index contributed by atoms with van der Waals surface area (Å²) in [6.07, 6.45) is 0. The predicted molar refractivity (Wildman–Crippen MR) is 60.3 cm³/mol. The van der Waals surface area contributed by atoms with Gasteiger partial charge in [-0.15, -0.1) is 0 Å². The number of halogens is 6. The van der Waals surface area contributed by atoms with E-state index < -0.39 is 40.6 Å². The summed E-state index contributed by atoms with van der Waals surface area (Å²) < 4.78 is 78.6. The van der Waals surface area contributed by atoms with Gasteiger partial charge < -0.3 is 11.1 Å². The van der Waals surface area contributed by atoms with Crippen LogP contribution in [-0.2, 0) is 0 Å². The monoisotopic (exact) mass is 292 g/mol. The molecule has 0 saturated carbocycles. The second-order valence-corrected chi connectivity index (χ2v) is 3.84. The summed E-state index contributed by atoms with van der Waals surface area (Å²) in [6.45, 7) is 0. The van der Waals surface area contributed by atoms with Crippen LogP contribution < -0.4 is 11.1 Å². The molecule has 3 N–H and O–H groups in total. The van der Waals surface area contributed by atoms with Gasteiger partial charge in [0.05, 0.1) is 0 Å². The third kappa shape index (κ3) is 2.36. The lowest BCUT2D eigenvalue weighted by Crippen LogP contribution is -2.07. The van der Waals surface area contributed by atoms with Crippen LogP contribution in [0.3, 0.4) is 0 Å². The van der Waals surface area contributed by atoms with Crippen LogP contribution >= 0.6 is 0 Å². The minimum atomic E-state index is -2.27. The number of benzene rings is 2. The van der Waals surface area contributed by atoms with E-state index in [-0.39, 0.29) is 11.4 Å². The Balaban J connectivity index is 2.54. The Morgan fingerprint density at radius 3 is 1.70 bits per heavy atom. The standard InChI is InChI=1S/C12H6F6N2/c13-4-1-5(19)3-6(2-4)20-12-10(17)8(15)7(14)9(16)11(12)18/h1-3,20H,19H2. The molecule has 2 nitrogen and oxygen atoms in total. The molecule has 20 heavy (non-hydrogen) atoms. The molecule has 0 atom stereocenters. The molecule has 106 valence electrons. The number of rotatable bonds is 2. The van der Waals surface area contributed by atoms with E-state index in [2.05, 4.69) is 0 Å². The molecule has 0 unspecified atom stereocenters. The summed E-state index contributed by atoms with van der Waals surface area (Å²) in [5.74, 6) is -11.4. The van der Waals surface area contributed by atoms with E-state index >= 15 is 0 Å². The zero-order chi connectivity index (χ0) is 15.0. The lowest BCUT2D eigenvalue weighted by molar-refractivity contribution is 0.382. The molecule has 0 amide bonds. The van der Waals surface area contributed by atoms with Crippen molar-refractivity contribution in [1.29, 1.82) is 0 Å². The summed E-state index contributed by atoms with van der Waals surface area (Å²) in [4.78, 5) is 0. The van der Waals surface area contributed by atoms with Crippen LogP contribution in [0.1, 0.15) is 0 Å². The summed E-state index contributed by atoms with van der Waals surface area (Å²) in [5, 5.41) is 1.91. The van der Waals surface area contributed by atoms with Crippen molar-refractivity contribution < 1.29 is 26.3 Å². The van der Waals surface area contributed by atoms with Crippen molar-refractivity contribution in [1.82, 2.24) is 0 Å². The minimum Gasteiger partial charge on any atom is -0.399 e. The van der Waals surface area contributed by atoms with E-state index in [0.29, 0.717) is 0 Å². The highest BCUT2D eigenvalue weighted by Gasteiger charge is 2.25. The van der Waals surface area contributed by atoms with Gasteiger partial charge in [0.25, 0.3) is 0 Å². The van der Waals surface area contributed by atoms with Crippen LogP contribution in [-0.4, -0.2) is 0 Å². The van der Waals surface area contributed by atoms with Gasteiger partial charge in [0.1, 0.15) is 11.5 Å². The maximum atomic E-state index is 13.4. The highest BCUT2D eigenvalue weighted by atomic mass is 19.2. The molecular weight excluding hydrogens is 286 g/mol. The van der Waals surface area contributed by atoms with Gasteiger partial charge in [-0.3, -0.25) is 0 Å². The average molecular weight is 292 g/mol. The Hall–Kier alpha value is -2.38. The number of hydrogen-bond donors (Lipinski definition) is 2. The van der Waals surface area contributed by atoms with Crippen LogP contribution in [0, 0.1) is 34.9 Å². The fourth-order valence-corrected chi connectivity index (χ4v) is 1.54. The van der Waals surface area contributed by atoms with Crippen molar-refractivity contribution in [3.05, 3.63) is 53.1 Å². The highest BCUT2D eigenvalue weighted by Crippen LogP contribution is 2.30. The van der Waals surface area contributed by atoms with Crippen molar-refractivity contribution in [2.75, 3.05) is 11.1 Å². The maximum absolute atomic E-state index is 13.4. The quantitative estimate of drug-likeness (QED) is 0.382. The van der Waals surface area contributed by atoms with Gasteiger partial charge in [-0.2, -0.15) is 0 Å². The number of nitrogens with two attached hydrogens (primary N) is 1. The summed E-state index contributed by atoms with van der Waals surface area (Å²) >= 11 is 0. The SMILES string of the molecule is Nc1cc(F)cc(Nc2c(F)c(F)c(F)c(F)c2F)c1. The average Bonchev–Trinajstić information content (AvgIpc) is 2.38. The van der Waals surface area contributed by atoms with Crippen LogP contribution in [0.4, 0.5) is 43.4 Å². The zero-order valence-corrected chi connectivity index (χ0v) is 9.58. The molecule has 0 fully saturated rings. The number of nitrogens with one attached hydrogen (secondary N) is 1. The van der Waals surface area contributed by atoms with Crippen LogP contribution in [0.5, 0.6) is 0 Å². The van der Waals surface area contributed by atoms with E-state index in [4.69, 9.17) is 5.73 Å². The second-order valence-electron chi connectivity index (χ2n) is 3.84. The van der Waals surface area contributed by atoms with E-state index in [1.165, 1.54) is 0 Å². The van der Waals surface area contributed by atoms with Gasteiger partial charge in [0.2, 0.25) is 5.82 Å². The minimum absolute atomic E-state index is 0.0867. The molecule has 0 aliphatic heterocycles. The number of anilines is 3. The molecule has 8 heteroatoms. The lowest BCUT2D eigenvalue weighted by Gasteiger charge is -2.11. The molecule has 0 bridgehead atoms. The highest BCUT2D eigenvalue weighted by molar-refractivity contribution is 5.65. The summed E-state index contributed by atoms with van der Waals surface area (Å²) in [7, 11) is 0. The smallest absolute Gasteiger partial charge is 0.200 e. The van der Waals surface area contributed by atoms with Gasteiger partial charge >= 0.3 is 0 Å². The van der Waals surface area contributed by atoms with Crippen LogP contribution in [0.15, 0.2) is 18.2 Å². The molecular formula is C12H6F6N2. The van der Waals surface area contributed by atoms with E-state index in [0.717, 1.165) is 18.2 Å². The molecule has 0 aliphatic carbocycles. The Bertz CT molecular complexity index is 637. The first kappa shape index (κ1) is 14.0. The third-order valence-corrected chi connectivity index (χ3v) is 2.40. The summed E-state index contributed by atoms with van der Waals surface area (Å²) in [5.41, 5.74) is 3.67. The zero-order valence-electron chi connectivity index (χ0n) is 9.58. The van der Waals surface area contributed by atoms with E-state index in [1.807, 2.05) is 5.32 Å². The molecule has 0 heterocycles. The van der Waals surface area contributed by atoms with Gasteiger partial charge in [-0.1, -0.05) is 0 Å². The van der Waals surface area contributed by atoms with Crippen molar-refractivity contribution >= 4 is 17.1 Å². The lowest BCUT2D eigenvalue weighted by atomic mass is 10.2. The number of hydrogen-bond acceptors (Lipinski definition) is 2. The molecule has 0 aromatic heterocycles. The van der Waals surface area contributed by atoms with Gasteiger partial charge in [0.15, 0.2) is 23.3 Å². The van der Waals surface area contributed by atoms with Gasteiger partial charge in [-0.25, -0.2) is 26.3 Å². The predicted octanol–water partition coefficient (Wildman–Crippen LogP) is 3.85. The van der Waals surface area contributed by atoms with Gasteiger partial charge in [0, 0.05) is 11.4 Å². The van der Waals surface area contributed by atoms with E-state index in [1.54, 1.807) is 0 Å². The van der Waals surface area contributed by atoms with Gasteiger partial charge in [-0.05, 0) is 18.2 Å². The molecule has 2 aromatic carbocycles. The van der Waals surface area contributed by atoms with Crippen LogP contribution in [0.2, 0.25) is 0 Å². The van der Waals surface area contributed by atoms with Crippen molar-refractivity contribution in [2.45, 2.75) is 0 Å². The fourth-order valence-electron chi connectivity index (χ4n) is 1.54. The maximum Gasteiger partial charge on any atom is 0.200 e. The van der Waals surface area contributed by atoms with Crippen LogP contribution in [0.25, 0.3) is 0 Å². The number of nitrogen functional groups attached to an aromatic ring is 1. The van der Waals surface area contributed by atoms with Crippen molar-refractivity contribution in [2.24, 2.45) is 0 Å². The molecule has 0 spiro atoms. The summed E-state index contributed by atoms with van der Waals surface area (Å²) in [6, 6.07) is 2.78. The normalized spacial score (nSPS) is 10.7. The molecule has 0 radical (unpaired) electrons. The Morgan fingerprint density at radius 1 is 0.700 bits per heavy atom. The Kier molecular flexibility index (Phi) is 3.47. The Morgan fingerprint density at radius 2 is 1.20 bits per heavy atom. The molecule has 2 rings (SSSR count). The Labute approximate surface area is 108 Å². The first-order valence-corrected chi connectivity index (χ1v) is 5.15. The van der Waals surface area contributed by atoms with E-state index in [9.17, 15) is 26.3 Å². The largest absolute Gasteiger partial charge is 0.399 e. The van der Waals surface area contributed by atoms with Crippen molar-refractivity contribution in [3.8, 4) is 0 Å². The fraction of sp³-hybridized carbons (Fsp3) is 0. The van der Waals surface area contributed by atoms with Crippen molar-refractivity contribution in [3.63, 3.8) is 0 Å². The third-order valence-electron chi connectivity index (χ3n) is 2.40. The second kappa shape index (κ2) is 4.95. The first-order valence-electron chi connectivity index (χ1n) is 5.15. The molecule has 2 aromatic rings. The topological polar surface area (TPSA) is 38.0 Å².